The molecule has 2 aromatic carbocycles. The van der Waals surface area contributed by atoms with E-state index in [-0.39, 0.29) is 11.4 Å². The largest absolute Gasteiger partial charge is 0.451 e. The van der Waals surface area contributed by atoms with Gasteiger partial charge in [0.05, 0.1) is 4.92 Å². The number of nitro benzene ring substituents is 1. The van der Waals surface area contributed by atoms with Crippen molar-refractivity contribution in [1.82, 2.24) is 5.32 Å². The number of hydrogen-bond donors (Lipinski definition) is 2. The first-order valence-electron chi connectivity index (χ1n) is 8.05. The first-order chi connectivity index (χ1) is 13.3. The number of carbonyl (C=O) groups is 3. The van der Waals surface area contributed by atoms with Gasteiger partial charge in [-0.2, -0.15) is 0 Å². The molecule has 0 aliphatic heterocycles. The lowest BCUT2D eigenvalue weighted by molar-refractivity contribution is -0.384. The molecule has 0 aromatic heterocycles. The van der Waals surface area contributed by atoms with Gasteiger partial charge in [-0.05, 0) is 31.2 Å². The number of rotatable bonds is 7. The van der Waals surface area contributed by atoms with E-state index in [9.17, 15) is 24.5 Å². The second-order valence-corrected chi connectivity index (χ2v) is 6.54. The molecule has 0 heterocycles. The van der Waals surface area contributed by atoms with Crippen LogP contribution in [0.25, 0.3) is 0 Å². The second-order valence-electron chi connectivity index (χ2n) is 5.62. The Balaban J connectivity index is 1.84. The van der Waals surface area contributed by atoms with E-state index in [4.69, 9.17) is 4.74 Å². The molecule has 2 N–H and O–H groups in total. The zero-order chi connectivity index (χ0) is 20.7. The lowest BCUT2D eigenvalue weighted by Gasteiger charge is -2.14. The fourth-order valence-electron chi connectivity index (χ4n) is 2.12. The standard InChI is InChI=1S/C18H16BrN3O6/c1-11(17(24)21-14-6-3-7-15(9-14)22(26)27)28-16(23)10-20-18(25)12-4-2-5-13(19)8-12/h2-9,11H,10H2,1H3,(H,20,25)(H,21,24). The second kappa shape index (κ2) is 9.60. The SMILES string of the molecule is CC(OC(=O)CNC(=O)c1cccc(Br)c1)C(=O)Nc1cccc([N+](=O)[O-])c1. The molecule has 1 unspecified atom stereocenters. The number of nitrogens with zero attached hydrogens (tertiary/aromatic N) is 1. The van der Waals surface area contributed by atoms with E-state index >= 15 is 0 Å². The highest BCUT2D eigenvalue weighted by Crippen LogP contribution is 2.17. The third-order valence-electron chi connectivity index (χ3n) is 3.48. The van der Waals surface area contributed by atoms with Crippen molar-refractivity contribution in [2.24, 2.45) is 0 Å². The number of anilines is 1. The topological polar surface area (TPSA) is 128 Å². The number of amides is 2. The van der Waals surface area contributed by atoms with Crippen LogP contribution >= 0.6 is 15.9 Å². The van der Waals surface area contributed by atoms with Gasteiger partial charge in [-0.15, -0.1) is 0 Å². The molecule has 0 radical (unpaired) electrons. The van der Waals surface area contributed by atoms with Crippen molar-refractivity contribution < 1.29 is 24.0 Å². The first-order valence-corrected chi connectivity index (χ1v) is 8.84. The van der Waals surface area contributed by atoms with Gasteiger partial charge in [-0.3, -0.25) is 24.5 Å². The summed E-state index contributed by atoms with van der Waals surface area (Å²) >= 11 is 3.25. The Bertz CT molecular complexity index is 918. The molecule has 10 heteroatoms. The molecule has 0 aliphatic carbocycles. The number of ether oxygens (including phenoxy) is 1. The van der Waals surface area contributed by atoms with Gasteiger partial charge in [0, 0.05) is 27.9 Å². The maximum atomic E-state index is 12.1. The van der Waals surface area contributed by atoms with E-state index < -0.39 is 35.4 Å². The maximum Gasteiger partial charge on any atom is 0.326 e. The van der Waals surface area contributed by atoms with Crippen LogP contribution < -0.4 is 10.6 Å². The molecule has 9 nitrogen and oxygen atoms in total. The summed E-state index contributed by atoms with van der Waals surface area (Å²) in [6.07, 6.45) is -1.16. The van der Waals surface area contributed by atoms with Crippen molar-refractivity contribution >= 4 is 45.1 Å². The predicted molar refractivity (Wildman–Crippen MR) is 104 cm³/mol. The molecule has 28 heavy (non-hydrogen) atoms. The lowest BCUT2D eigenvalue weighted by Crippen LogP contribution is -2.35. The molecule has 146 valence electrons. The van der Waals surface area contributed by atoms with Crippen LogP contribution in [-0.4, -0.2) is 35.4 Å². The van der Waals surface area contributed by atoms with Crippen LogP contribution in [0.4, 0.5) is 11.4 Å². The molecule has 0 spiro atoms. The Morgan fingerprint density at radius 3 is 2.57 bits per heavy atom. The average molecular weight is 450 g/mol. The molecule has 2 rings (SSSR count). The molecule has 0 saturated heterocycles. The number of nitro groups is 1. The third kappa shape index (κ3) is 6.16. The number of non-ortho nitro benzene ring substituents is 1. The Labute approximate surface area is 168 Å². The fourth-order valence-corrected chi connectivity index (χ4v) is 2.52. The van der Waals surface area contributed by atoms with Gasteiger partial charge in [0.25, 0.3) is 17.5 Å². The highest BCUT2D eigenvalue weighted by Gasteiger charge is 2.19. The zero-order valence-electron chi connectivity index (χ0n) is 14.7. The summed E-state index contributed by atoms with van der Waals surface area (Å²) in [4.78, 5) is 46.1. The summed E-state index contributed by atoms with van der Waals surface area (Å²) in [5.74, 6) is -1.93. The van der Waals surface area contributed by atoms with Crippen LogP contribution in [0.1, 0.15) is 17.3 Å². The van der Waals surface area contributed by atoms with Gasteiger partial charge in [0.1, 0.15) is 6.54 Å². The molecule has 2 amide bonds. The van der Waals surface area contributed by atoms with Crippen molar-refractivity contribution in [2.75, 3.05) is 11.9 Å². The molecular weight excluding hydrogens is 434 g/mol. The Kier molecular flexibility index (Phi) is 7.21. The Morgan fingerprint density at radius 2 is 1.89 bits per heavy atom. The summed E-state index contributed by atoms with van der Waals surface area (Å²) in [6, 6.07) is 12.0. The van der Waals surface area contributed by atoms with E-state index in [1.807, 2.05) is 0 Å². The lowest BCUT2D eigenvalue weighted by atomic mass is 10.2. The summed E-state index contributed by atoms with van der Waals surface area (Å²) in [7, 11) is 0. The van der Waals surface area contributed by atoms with Gasteiger partial charge >= 0.3 is 5.97 Å². The predicted octanol–water partition coefficient (Wildman–Crippen LogP) is 2.66. The van der Waals surface area contributed by atoms with E-state index in [0.717, 1.165) is 0 Å². The van der Waals surface area contributed by atoms with Crippen molar-refractivity contribution in [1.29, 1.82) is 0 Å². The van der Waals surface area contributed by atoms with Crippen LogP contribution in [0.2, 0.25) is 0 Å². The summed E-state index contributed by atoms with van der Waals surface area (Å²) in [5.41, 5.74) is 0.376. The Hall–Kier alpha value is -3.27. The van der Waals surface area contributed by atoms with Crippen molar-refractivity contribution in [3.63, 3.8) is 0 Å². The quantitative estimate of drug-likeness (QED) is 0.379. The minimum atomic E-state index is -1.16. The summed E-state index contributed by atoms with van der Waals surface area (Å²) < 4.78 is 5.68. The molecule has 1 atom stereocenters. The minimum absolute atomic E-state index is 0.183. The van der Waals surface area contributed by atoms with Crippen LogP contribution in [0, 0.1) is 10.1 Å². The van der Waals surface area contributed by atoms with Gasteiger partial charge in [0.2, 0.25) is 0 Å². The summed E-state index contributed by atoms with van der Waals surface area (Å²) in [5, 5.41) is 15.6. The number of carbonyl (C=O) groups excluding carboxylic acids is 3. The number of nitrogens with one attached hydrogen (secondary N) is 2. The molecule has 0 aliphatic rings. The van der Waals surface area contributed by atoms with Crippen LogP contribution in [-0.2, 0) is 14.3 Å². The number of hydrogen-bond acceptors (Lipinski definition) is 6. The van der Waals surface area contributed by atoms with Gasteiger partial charge < -0.3 is 15.4 Å². The molecule has 2 aromatic rings. The van der Waals surface area contributed by atoms with Gasteiger partial charge in [-0.25, -0.2) is 0 Å². The van der Waals surface area contributed by atoms with Gasteiger partial charge in [-0.1, -0.05) is 28.1 Å². The van der Waals surface area contributed by atoms with Crippen LogP contribution in [0.5, 0.6) is 0 Å². The highest BCUT2D eigenvalue weighted by atomic mass is 79.9. The van der Waals surface area contributed by atoms with Gasteiger partial charge in [0.15, 0.2) is 6.10 Å². The molecule has 0 fully saturated rings. The molecular formula is C18H16BrN3O6. The first kappa shape index (κ1) is 21.0. The van der Waals surface area contributed by atoms with Crippen molar-refractivity contribution in [3.05, 3.63) is 68.7 Å². The minimum Gasteiger partial charge on any atom is -0.451 e. The van der Waals surface area contributed by atoms with Crippen LogP contribution in [0.3, 0.4) is 0 Å². The molecule has 0 bridgehead atoms. The van der Waals surface area contributed by atoms with Crippen LogP contribution in [0.15, 0.2) is 53.0 Å². The van der Waals surface area contributed by atoms with E-state index in [2.05, 4.69) is 26.6 Å². The van der Waals surface area contributed by atoms with Crippen molar-refractivity contribution in [2.45, 2.75) is 13.0 Å². The van der Waals surface area contributed by atoms with E-state index in [0.29, 0.717) is 10.0 Å². The van der Waals surface area contributed by atoms with E-state index in [1.165, 1.54) is 31.2 Å². The number of esters is 1. The average Bonchev–Trinajstić information content (AvgIpc) is 2.66. The molecule has 0 saturated carbocycles. The normalized spacial score (nSPS) is 11.2. The maximum absolute atomic E-state index is 12.1. The van der Waals surface area contributed by atoms with E-state index in [1.54, 1.807) is 24.3 Å². The monoisotopic (exact) mass is 449 g/mol. The smallest absolute Gasteiger partial charge is 0.326 e. The number of halogens is 1. The zero-order valence-corrected chi connectivity index (χ0v) is 16.3. The third-order valence-corrected chi connectivity index (χ3v) is 3.98. The highest BCUT2D eigenvalue weighted by molar-refractivity contribution is 9.10. The fraction of sp³-hybridized carbons (Fsp3) is 0.167. The van der Waals surface area contributed by atoms with Crippen molar-refractivity contribution in [3.8, 4) is 0 Å². The Morgan fingerprint density at radius 1 is 1.18 bits per heavy atom. The summed E-state index contributed by atoms with van der Waals surface area (Å²) in [6.45, 7) is 0.931. The number of benzene rings is 2.